The molecule has 0 spiro atoms. The SMILES string of the molecule is CN(C)CCCNC(=O)c1ccc2c(c1)C1=C(CCN(C)C1)CN2Cc1ccc(C(=O)NO)cc1. The first kappa shape index (κ1) is 24.9. The number of hydroxylamine groups is 1. The topological polar surface area (TPSA) is 88.2 Å². The third-order valence-corrected chi connectivity index (χ3v) is 6.72. The lowest BCUT2D eigenvalue weighted by atomic mass is 9.87. The first-order valence-electron chi connectivity index (χ1n) is 12.1. The highest BCUT2D eigenvalue weighted by Crippen LogP contribution is 2.39. The highest BCUT2D eigenvalue weighted by molar-refractivity contribution is 5.97. The fourth-order valence-corrected chi connectivity index (χ4v) is 4.78. The van der Waals surface area contributed by atoms with Gasteiger partial charge in [-0.15, -0.1) is 0 Å². The first-order chi connectivity index (χ1) is 16.9. The van der Waals surface area contributed by atoms with E-state index in [-0.39, 0.29) is 5.91 Å². The highest BCUT2D eigenvalue weighted by atomic mass is 16.5. The number of rotatable bonds is 8. The maximum absolute atomic E-state index is 12.9. The van der Waals surface area contributed by atoms with Crippen molar-refractivity contribution >= 4 is 23.1 Å². The summed E-state index contributed by atoms with van der Waals surface area (Å²) in [7, 11) is 6.20. The van der Waals surface area contributed by atoms with E-state index in [9.17, 15) is 9.59 Å². The second kappa shape index (κ2) is 11.0. The predicted octanol–water partition coefficient (Wildman–Crippen LogP) is 2.60. The second-order valence-corrected chi connectivity index (χ2v) is 9.71. The fraction of sp³-hybridized carbons (Fsp3) is 0.407. The molecule has 2 aliphatic rings. The number of nitrogens with one attached hydrogen (secondary N) is 2. The number of hydrogen-bond acceptors (Lipinski definition) is 6. The third kappa shape index (κ3) is 5.90. The summed E-state index contributed by atoms with van der Waals surface area (Å²) in [5, 5.41) is 11.9. The van der Waals surface area contributed by atoms with Crippen molar-refractivity contribution < 1.29 is 14.8 Å². The van der Waals surface area contributed by atoms with Gasteiger partial charge in [0.05, 0.1) is 0 Å². The molecule has 0 aromatic heterocycles. The van der Waals surface area contributed by atoms with Crippen molar-refractivity contribution in [3.05, 3.63) is 70.3 Å². The van der Waals surface area contributed by atoms with E-state index in [0.29, 0.717) is 24.2 Å². The van der Waals surface area contributed by atoms with Crippen LogP contribution in [-0.2, 0) is 6.54 Å². The van der Waals surface area contributed by atoms with Crippen LogP contribution in [0.3, 0.4) is 0 Å². The molecule has 2 aliphatic heterocycles. The van der Waals surface area contributed by atoms with Gasteiger partial charge in [0, 0.05) is 55.1 Å². The summed E-state index contributed by atoms with van der Waals surface area (Å²) in [6.07, 6.45) is 1.93. The van der Waals surface area contributed by atoms with Crippen molar-refractivity contribution in [2.45, 2.75) is 19.4 Å². The molecule has 2 amide bonds. The molecule has 3 N–H and O–H groups in total. The van der Waals surface area contributed by atoms with Crippen LogP contribution in [0.5, 0.6) is 0 Å². The standard InChI is InChI=1S/C27H35N5O3/c1-30(2)13-4-12-28-26(33)21-9-10-25-23(15-21)24-18-31(3)14-11-22(24)17-32(25)16-19-5-7-20(8-6-19)27(34)29-35/h5-10,15,35H,4,11-14,16-18H2,1-3H3,(H,28,33)(H,29,34). The summed E-state index contributed by atoms with van der Waals surface area (Å²) in [6, 6.07) is 13.3. The Morgan fingerprint density at radius 3 is 2.49 bits per heavy atom. The van der Waals surface area contributed by atoms with Gasteiger partial charge < -0.3 is 20.0 Å². The number of amides is 2. The van der Waals surface area contributed by atoms with Crippen LogP contribution >= 0.6 is 0 Å². The molecule has 4 rings (SSSR count). The van der Waals surface area contributed by atoms with Gasteiger partial charge in [-0.05, 0) is 87.6 Å². The van der Waals surface area contributed by atoms with Crippen LogP contribution in [0.1, 0.15) is 44.7 Å². The van der Waals surface area contributed by atoms with Gasteiger partial charge in [-0.25, -0.2) is 5.48 Å². The van der Waals surface area contributed by atoms with Crippen LogP contribution in [-0.4, -0.2) is 80.7 Å². The number of likely N-dealkylation sites (N-methyl/N-ethyl adjacent to an activating group) is 1. The molecule has 0 fully saturated rings. The number of nitrogens with zero attached hydrogens (tertiary/aromatic N) is 3. The van der Waals surface area contributed by atoms with Crippen LogP contribution in [0.2, 0.25) is 0 Å². The van der Waals surface area contributed by atoms with Crippen LogP contribution in [0.15, 0.2) is 48.0 Å². The lowest BCUT2D eigenvalue weighted by Gasteiger charge is -2.39. The van der Waals surface area contributed by atoms with Gasteiger partial charge in [0.15, 0.2) is 0 Å². The van der Waals surface area contributed by atoms with Crippen molar-refractivity contribution in [2.75, 3.05) is 58.8 Å². The zero-order chi connectivity index (χ0) is 24.9. The molecule has 0 saturated carbocycles. The molecule has 8 heteroatoms. The molecular formula is C27H35N5O3. The summed E-state index contributed by atoms with van der Waals surface area (Å²) >= 11 is 0. The maximum Gasteiger partial charge on any atom is 0.274 e. The molecule has 2 aromatic carbocycles. The molecule has 0 unspecified atom stereocenters. The summed E-state index contributed by atoms with van der Waals surface area (Å²) in [5.74, 6) is -0.554. The van der Waals surface area contributed by atoms with Crippen LogP contribution < -0.4 is 15.7 Å². The van der Waals surface area contributed by atoms with Gasteiger partial charge >= 0.3 is 0 Å². The number of benzene rings is 2. The Morgan fingerprint density at radius 2 is 1.77 bits per heavy atom. The predicted molar refractivity (Wildman–Crippen MR) is 138 cm³/mol. The Hall–Kier alpha value is -3.20. The summed E-state index contributed by atoms with van der Waals surface area (Å²) in [6.45, 7) is 5.05. The average molecular weight is 478 g/mol. The molecule has 0 bridgehead atoms. The van der Waals surface area contributed by atoms with E-state index in [2.05, 4.69) is 33.1 Å². The van der Waals surface area contributed by atoms with Gasteiger partial charge in [0.2, 0.25) is 0 Å². The van der Waals surface area contributed by atoms with Crippen molar-refractivity contribution in [3.63, 3.8) is 0 Å². The molecule has 0 atom stereocenters. The quantitative estimate of drug-likeness (QED) is 0.308. The largest absolute Gasteiger partial charge is 0.363 e. The van der Waals surface area contributed by atoms with Crippen LogP contribution in [0.25, 0.3) is 5.57 Å². The Kier molecular flexibility index (Phi) is 7.85. The number of anilines is 1. The molecule has 2 aromatic rings. The lowest BCUT2D eigenvalue weighted by Crippen LogP contribution is -2.37. The molecular weight excluding hydrogens is 442 g/mol. The Bertz CT molecular complexity index is 1110. The van der Waals surface area contributed by atoms with Crippen molar-refractivity contribution in [3.8, 4) is 0 Å². The van der Waals surface area contributed by atoms with E-state index < -0.39 is 5.91 Å². The minimum Gasteiger partial charge on any atom is -0.363 e. The van der Waals surface area contributed by atoms with Gasteiger partial charge in [-0.2, -0.15) is 0 Å². The normalized spacial score (nSPS) is 15.6. The van der Waals surface area contributed by atoms with Crippen molar-refractivity contribution in [1.82, 2.24) is 20.6 Å². The molecule has 35 heavy (non-hydrogen) atoms. The average Bonchev–Trinajstić information content (AvgIpc) is 2.86. The van der Waals surface area contributed by atoms with Gasteiger partial charge in [-0.1, -0.05) is 12.1 Å². The van der Waals surface area contributed by atoms with E-state index >= 15 is 0 Å². The molecule has 0 aliphatic carbocycles. The minimum atomic E-state index is -0.520. The van der Waals surface area contributed by atoms with Crippen LogP contribution in [0, 0.1) is 0 Å². The van der Waals surface area contributed by atoms with Gasteiger partial charge in [0.25, 0.3) is 11.8 Å². The molecule has 186 valence electrons. The fourth-order valence-electron chi connectivity index (χ4n) is 4.78. The Balaban J connectivity index is 1.57. The summed E-state index contributed by atoms with van der Waals surface area (Å²) in [4.78, 5) is 31.3. The Morgan fingerprint density at radius 1 is 1.03 bits per heavy atom. The summed E-state index contributed by atoms with van der Waals surface area (Å²) in [5.41, 5.74) is 8.87. The van der Waals surface area contributed by atoms with E-state index in [4.69, 9.17) is 5.21 Å². The first-order valence-corrected chi connectivity index (χ1v) is 12.1. The number of carbonyl (C=O) groups is 2. The van der Waals surface area contributed by atoms with Crippen LogP contribution in [0.4, 0.5) is 5.69 Å². The zero-order valence-electron chi connectivity index (χ0n) is 20.8. The maximum atomic E-state index is 12.9. The molecule has 2 heterocycles. The Labute approximate surface area is 207 Å². The van der Waals surface area contributed by atoms with Crippen molar-refractivity contribution in [1.29, 1.82) is 0 Å². The monoisotopic (exact) mass is 477 g/mol. The van der Waals surface area contributed by atoms with E-state index in [1.165, 1.54) is 11.1 Å². The van der Waals surface area contributed by atoms with E-state index in [1.54, 1.807) is 17.6 Å². The molecule has 0 saturated heterocycles. The number of fused-ring (bicyclic) bond motifs is 2. The van der Waals surface area contributed by atoms with E-state index in [0.717, 1.165) is 55.8 Å². The van der Waals surface area contributed by atoms with Crippen molar-refractivity contribution in [2.24, 2.45) is 0 Å². The number of hydrogen-bond donors (Lipinski definition) is 3. The number of carbonyl (C=O) groups excluding carboxylic acids is 2. The summed E-state index contributed by atoms with van der Waals surface area (Å²) < 4.78 is 0. The highest BCUT2D eigenvalue weighted by Gasteiger charge is 2.28. The van der Waals surface area contributed by atoms with Gasteiger partial charge in [-0.3, -0.25) is 14.8 Å². The third-order valence-electron chi connectivity index (χ3n) is 6.72. The van der Waals surface area contributed by atoms with Gasteiger partial charge in [0.1, 0.15) is 0 Å². The molecule has 8 nitrogen and oxygen atoms in total. The molecule has 0 radical (unpaired) electrons. The smallest absolute Gasteiger partial charge is 0.274 e. The lowest BCUT2D eigenvalue weighted by molar-refractivity contribution is 0.0706. The second-order valence-electron chi connectivity index (χ2n) is 9.71. The van der Waals surface area contributed by atoms with E-state index in [1.807, 2.05) is 38.4 Å². The zero-order valence-corrected chi connectivity index (χ0v) is 20.8. The minimum absolute atomic E-state index is 0.0345.